The van der Waals surface area contributed by atoms with Crippen LogP contribution >= 0.6 is 0 Å². The van der Waals surface area contributed by atoms with Gasteiger partial charge in [-0.3, -0.25) is 4.79 Å². The molecule has 0 heterocycles. The number of hydrogen-bond donors (Lipinski definition) is 2. The first-order chi connectivity index (χ1) is 6.60. The Balaban J connectivity index is 3.80. The second-order valence-corrected chi connectivity index (χ2v) is 3.05. The standard InChI is InChI=1S/C9H16N2O3/c1-2-11(5-3-4-10)7-8(12)6-9(13)14/h8,12H,2-3,5-7H2,1H3,(H,13,14). The van der Waals surface area contributed by atoms with Crippen LogP contribution in [0.3, 0.4) is 0 Å². The molecule has 14 heavy (non-hydrogen) atoms. The van der Waals surface area contributed by atoms with E-state index in [0.29, 0.717) is 26.1 Å². The van der Waals surface area contributed by atoms with Gasteiger partial charge in [0.05, 0.1) is 18.6 Å². The van der Waals surface area contributed by atoms with E-state index in [2.05, 4.69) is 0 Å². The first-order valence-corrected chi connectivity index (χ1v) is 4.59. The van der Waals surface area contributed by atoms with Crippen molar-refractivity contribution in [3.8, 4) is 6.07 Å². The van der Waals surface area contributed by atoms with Gasteiger partial charge in [-0.1, -0.05) is 6.92 Å². The maximum atomic E-state index is 10.3. The van der Waals surface area contributed by atoms with Crippen LogP contribution in [0.4, 0.5) is 0 Å². The van der Waals surface area contributed by atoms with Crippen LogP contribution in [-0.2, 0) is 4.79 Å². The van der Waals surface area contributed by atoms with Gasteiger partial charge < -0.3 is 15.1 Å². The molecule has 0 bridgehead atoms. The van der Waals surface area contributed by atoms with Crippen molar-refractivity contribution < 1.29 is 15.0 Å². The number of rotatable bonds is 7. The summed E-state index contributed by atoms with van der Waals surface area (Å²) in [5, 5.41) is 26.1. The summed E-state index contributed by atoms with van der Waals surface area (Å²) in [5.74, 6) is -1.01. The van der Waals surface area contributed by atoms with E-state index in [-0.39, 0.29) is 6.42 Å². The van der Waals surface area contributed by atoms with Crippen LogP contribution in [0.1, 0.15) is 19.8 Å². The van der Waals surface area contributed by atoms with Crippen molar-refractivity contribution in [1.82, 2.24) is 4.90 Å². The number of hydrogen-bond acceptors (Lipinski definition) is 4. The molecule has 5 nitrogen and oxygen atoms in total. The highest BCUT2D eigenvalue weighted by Crippen LogP contribution is 1.98. The van der Waals surface area contributed by atoms with Crippen molar-refractivity contribution in [2.75, 3.05) is 19.6 Å². The molecule has 0 spiro atoms. The lowest BCUT2D eigenvalue weighted by Gasteiger charge is -2.21. The predicted octanol–water partition coefficient (Wildman–Crippen LogP) is 0.0576. The Hall–Kier alpha value is -1.12. The first kappa shape index (κ1) is 12.9. The minimum absolute atomic E-state index is 0.247. The second-order valence-electron chi connectivity index (χ2n) is 3.05. The average Bonchev–Trinajstić information content (AvgIpc) is 2.10. The van der Waals surface area contributed by atoms with Crippen LogP contribution in [0.25, 0.3) is 0 Å². The maximum Gasteiger partial charge on any atom is 0.306 e. The Kier molecular flexibility index (Phi) is 6.72. The van der Waals surface area contributed by atoms with Crippen LogP contribution in [-0.4, -0.2) is 46.8 Å². The average molecular weight is 200 g/mol. The highest BCUT2D eigenvalue weighted by Gasteiger charge is 2.13. The second kappa shape index (κ2) is 7.30. The summed E-state index contributed by atoms with van der Waals surface area (Å²) in [5.41, 5.74) is 0. The molecule has 0 saturated carbocycles. The zero-order valence-electron chi connectivity index (χ0n) is 8.31. The van der Waals surface area contributed by atoms with Gasteiger partial charge in [-0.25, -0.2) is 0 Å². The number of nitriles is 1. The van der Waals surface area contributed by atoms with Crippen molar-refractivity contribution in [1.29, 1.82) is 5.26 Å². The Bertz CT molecular complexity index is 213. The fourth-order valence-corrected chi connectivity index (χ4v) is 1.15. The quantitative estimate of drug-likeness (QED) is 0.607. The summed E-state index contributed by atoms with van der Waals surface area (Å²) in [6.45, 7) is 3.50. The van der Waals surface area contributed by atoms with Crippen molar-refractivity contribution >= 4 is 5.97 Å². The lowest BCUT2D eigenvalue weighted by atomic mass is 10.2. The zero-order valence-corrected chi connectivity index (χ0v) is 8.31. The van der Waals surface area contributed by atoms with Gasteiger partial charge in [-0.2, -0.15) is 5.26 Å². The van der Waals surface area contributed by atoms with Gasteiger partial charge >= 0.3 is 5.97 Å². The zero-order chi connectivity index (χ0) is 11.0. The monoisotopic (exact) mass is 200 g/mol. The Morgan fingerprint density at radius 2 is 2.29 bits per heavy atom. The van der Waals surface area contributed by atoms with Crippen molar-refractivity contribution in [2.24, 2.45) is 0 Å². The molecule has 2 N–H and O–H groups in total. The molecule has 0 aromatic rings. The molecule has 0 saturated heterocycles. The number of aliphatic hydroxyl groups excluding tert-OH is 1. The third-order valence-electron chi connectivity index (χ3n) is 1.87. The summed E-state index contributed by atoms with van der Waals surface area (Å²) in [6, 6.07) is 2.01. The van der Waals surface area contributed by atoms with Gasteiger partial charge in [-0.05, 0) is 6.54 Å². The van der Waals surface area contributed by atoms with E-state index in [9.17, 15) is 9.90 Å². The van der Waals surface area contributed by atoms with Gasteiger partial charge in [0.2, 0.25) is 0 Å². The Labute approximate surface area is 83.6 Å². The van der Waals surface area contributed by atoms with Crippen LogP contribution in [0.15, 0.2) is 0 Å². The summed E-state index contributed by atoms with van der Waals surface area (Å²) in [4.78, 5) is 12.1. The highest BCUT2D eigenvalue weighted by molar-refractivity contribution is 5.67. The molecule has 0 aliphatic rings. The molecule has 1 atom stereocenters. The van der Waals surface area contributed by atoms with Gasteiger partial charge in [0.1, 0.15) is 0 Å². The molecule has 80 valence electrons. The lowest BCUT2D eigenvalue weighted by Crippen LogP contribution is -2.34. The molecule has 0 radical (unpaired) electrons. The van der Waals surface area contributed by atoms with E-state index in [1.807, 2.05) is 17.9 Å². The molecule has 1 unspecified atom stereocenters. The summed E-state index contributed by atoms with van der Waals surface area (Å²) >= 11 is 0. The van der Waals surface area contributed by atoms with Gasteiger partial charge in [0, 0.05) is 19.5 Å². The van der Waals surface area contributed by atoms with E-state index in [1.54, 1.807) is 0 Å². The third-order valence-corrected chi connectivity index (χ3v) is 1.87. The smallest absolute Gasteiger partial charge is 0.306 e. The van der Waals surface area contributed by atoms with Crippen LogP contribution in [0, 0.1) is 11.3 Å². The van der Waals surface area contributed by atoms with E-state index in [1.165, 1.54) is 0 Å². The Morgan fingerprint density at radius 1 is 1.64 bits per heavy atom. The molecule has 0 aliphatic heterocycles. The minimum Gasteiger partial charge on any atom is -0.481 e. The van der Waals surface area contributed by atoms with E-state index in [4.69, 9.17) is 10.4 Å². The number of carboxylic acid groups (broad SMARTS) is 1. The SMILES string of the molecule is CCN(CCC#N)CC(O)CC(=O)O. The van der Waals surface area contributed by atoms with Crippen LogP contribution in [0.2, 0.25) is 0 Å². The molecule has 0 rings (SSSR count). The topological polar surface area (TPSA) is 84.6 Å². The molecule has 0 aliphatic carbocycles. The number of aliphatic carboxylic acids is 1. The highest BCUT2D eigenvalue weighted by atomic mass is 16.4. The number of carboxylic acids is 1. The molecule has 5 heteroatoms. The number of carbonyl (C=O) groups is 1. The summed E-state index contributed by atoms with van der Waals surface area (Å²) in [7, 11) is 0. The first-order valence-electron chi connectivity index (χ1n) is 4.59. The molecular formula is C9H16N2O3. The molecule has 0 fully saturated rings. The summed E-state index contributed by atoms with van der Waals surface area (Å²) < 4.78 is 0. The van der Waals surface area contributed by atoms with Gasteiger partial charge in [-0.15, -0.1) is 0 Å². The third kappa shape index (κ3) is 6.40. The number of aliphatic hydroxyl groups is 1. The van der Waals surface area contributed by atoms with Crippen LogP contribution < -0.4 is 0 Å². The normalized spacial score (nSPS) is 12.4. The van der Waals surface area contributed by atoms with Crippen molar-refractivity contribution in [3.05, 3.63) is 0 Å². The predicted molar refractivity (Wildman–Crippen MR) is 50.6 cm³/mol. The van der Waals surface area contributed by atoms with Crippen molar-refractivity contribution in [2.45, 2.75) is 25.9 Å². The van der Waals surface area contributed by atoms with E-state index < -0.39 is 12.1 Å². The van der Waals surface area contributed by atoms with Gasteiger partial charge in [0.15, 0.2) is 0 Å². The van der Waals surface area contributed by atoms with E-state index in [0.717, 1.165) is 0 Å². The minimum atomic E-state index is -1.01. The van der Waals surface area contributed by atoms with Crippen LogP contribution in [0.5, 0.6) is 0 Å². The van der Waals surface area contributed by atoms with Crippen molar-refractivity contribution in [3.63, 3.8) is 0 Å². The summed E-state index contributed by atoms with van der Waals surface area (Å²) in [6.07, 6.45) is -0.706. The molecule has 0 aromatic carbocycles. The number of likely N-dealkylation sites (N-methyl/N-ethyl adjacent to an activating group) is 1. The molecule has 0 aromatic heterocycles. The lowest BCUT2D eigenvalue weighted by molar-refractivity contribution is -0.139. The fraction of sp³-hybridized carbons (Fsp3) is 0.778. The maximum absolute atomic E-state index is 10.3. The molecular weight excluding hydrogens is 184 g/mol. The Morgan fingerprint density at radius 3 is 2.71 bits per heavy atom. The molecule has 0 amide bonds. The fourth-order valence-electron chi connectivity index (χ4n) is 1.15. The number of nitrogens with zero attached hydrogens (tertiary/aromatic N) is 2. The van der Waals surface area contributed by atoms with Gasteiger partial charge in [0.25, 0.3) is 0 Å². The van der Waals surface area contributed by atoms with E-state index >= 15 is 0 Å². The largest absolute Gasteiger partial charge is 0.481 e.